The molecular weight excluding hydrogens is 687 g/mol. The summed E-state index contributed by atoms with van der Waals surface area (Å²) in [5.74, 6) is 0. The van der Waals surface area contributed by atoms with Crippen molar-refractivity contribution in [1.82, 2.24) is 0 Å². The van der Waals surface area contributed by atoms with Crippen LogP contribution in [-0.4, -0.2) is 0 Å². The Morgan fingerprint density at radius 1 is 0.193 bits per heavy atom. The lowest BCUT2D eigenvalue weighted by molar-refractivity contribution is 1.28. The van der Waals surface area contributed by atoms with Gasteiger partial charge in [0.05, 0.1) is 0 Å². The van der Waals surface area contributed by atoms with Gasteiger partial charge in [-0.1, -0.05) is 194 Å². The van der Waals surface area contributed by atoms with Crippen LogP contribution in [0.5, 0.6) is 0 Å². The van der Waals surface area contributed by atoms with Gasteiger partial charge in [-0.15, -0.1) is 0 Å². The molecule has 10 aromatic carbocycles. The van der Waals surface area contributed by atoms with E-state index in [1.165, 1.54) is 77.2 Å². The fourth-order valence-electron chi connectivity index (χ4n) is 8.30. The number of nitrogens with zero attached hydrogens (tertiary/aromatic N) is 1. The van der Waals surface area contributed by atoms with Crippen molar-refractivity contribution in [2.45, 2.75) is 0 Å². The first-order valence-corrected chi connectivity index (χ1v) is 19.6. The maximum Gasteiger partial charge on any atom is 0.0462 e. The average Bonchev–Trinajstić information content (AvgIpc) is 3.30. The summed E-state index contributed by atoms with van der Waals surface area (Å²) in [6, 6.07) is 85.5. The summed E-state index contributed by atoms with van der Waals surface area (Å²) in [6.07, 6.45) is 0. The van der Waals surface area contributed by atoms with Crippen molar-refractivity contribution in [1.29, 1.82) is 0 Å². The van der Waals surface area contributed by atoms with Gasteiger partial charge in [0.2, 0.25) is 0 Å². The van der Waals surface area contributed by atoms with Gasteiger partial charge in [-0.2, -0.15) is 0 Å². The molecular formula is C56H39N. The smallest absolute Gasteiger partial charge is 0.0462 e. The van der Waals surface area contributed by atoms with Crippen LogP contribution in [0.1, 0.15) is 0 Å². The molecule has 0 heterocycles. The number of anilines is 3. The van der Waals surface area contributed by atoms with Crippen molar-refractivity contribution in [3.05, 3.63) is 237 Å². The second-order valence-corrected chi connectivity index (χ2v) is 14.5. The minimum Gasteiger partial charge on any atom is -0.311 e. The maximum absolute atomic E-state index is 2.40. The van der Waals surface area contributed by atoms with Gasteiger partial charge >= 0.3 is 0 Å². The van der Waals surface area contributed by atoms with E-state index in [0.717, 1.165) is 17.1 Å². The molecule has 10 aromatic rings. The normalized spacial score (nSPS) is 11.2. The summed E-state index contributed by atoms with van der Waals surface area (Å²) < 4.78 is 0. The van der Waals surface area contributed by atoms with Gasteiger partial charge < -0.3 is 4.90 Å². The molecule has 0 aromatic heterocycles. The number of benzene rings is 10. The fourth-order valence-corrected chi connectivity index (χ4v) is 8.30. The lowest BCUT2D eigenvalue weighted by Gasteiger charge is -2.26. The standard InChI is InChI=1S/C56H39N/c1-5-15-40(16-6-1)42-25-32-48(33-26-42)57(49-34-27-43(28-35-49)41-17-7-2-8-18-41)50-36-29-44(30-37-50)47-31-38-52-51-23-13-14-24-53(51)55(45-19-9-3-10-20-45)56(54(52)39-47)46-21-11-4-12-22-46/h1-39H. The zero-order chi connectivity index (χ0) is 38.0. The summed E-state index contributed by atoms with van der Waals surface area (Å²) in [5, 5.41) is 5.04. The number of hydrogen-bond donors (Lipinski definition) is 0. The SMILES string of the molecule is c1ccc(-c2ccc(N(c3ccc(-c4ccccc4)cc3)c3ccc(-c4ccc5c(c4)c(-c4ccccc4)c(-c4ccccc4)c4ccccc45)cc3)cc2)cc1. The first kappa shape index (κ1) is 34.0. The van der Waals surface area contributed by atoms with E-state index in [1.54, 1.807) is 0 Å². The van der Waals surface area contributed by atoms with E-state index in [4.69, 9.17) is 0 Å². The molecule has 0 fully saturated rings. The highest BCUT2D eigenvalue weighted by atomic mass is 15.1. The number of hydrogen-bond acceptors (Lipinski definition) is 1. The summed E-state index contributed by atoms with van der Waals surface area (Å²) in [6.45, 7) is 0. The molecule has 0 atom stereocenters. The van der Waals surface area contributed by atoms with Crippen LogP contribution in [-0.2, 0) is 0 Å². The van der Waals surface area contributed by atoms with Gasteiger partial charge in [0, 0.05) is 17.1 Å². The monoisotopic (exact) mass is 725 g/mol. The Morgan fingerprint density at radius 2 is 0.491 bits per heavy atom. The molecule has 268 valence electrons. The molecule has 57 heavy (non-hydrogen) atoms. The van der Waals surface area contributed by atoms with Crippen molar-refractivity contribution < 1.29 is 0 Å². The second kappa shape index (κ2) is 15.0. The van der Waals surface area contributed by atoms with Crippen LogP contribution in [0, 0.1) is 0 Å². The number of rotatable bonds is 8. The third-order valence-corrected chi connectivity index (χ3v) is 11.1. The van der Waals surface area contributed by atoms with Crippen LogP contribution in [0.3, 0.4) is 0 Å². The van der Waals surface area contributed by atoms with Gasteiger partial charge in [-0.05, 0) is 120 Å². The van der Waals surface area contributed by atoms with Gasteiger partial charge in [0.15, 0.2) is 0 Å². The quantitative estimate of drug-likeness (QED) is 0.141. The van der Waals surface area contributed by atoms with E-state index >= 15 is 0 Å². The average molecular weight is 726 g/mol. The maximum atomic E-state index is 2.40. The molecule has 0 bridgehead atoms. The summed E-state index contributed by atoms with van der Waals surface area (Å²) in [7, 11) is 0. The van der Waals surface area contributed by atoms with Gasteiger partial charge in [-0.3, -0.25) is 0 Å². The van der Waals surface area contributed by atoms with Crippen molar-refractivity contribution >= 4 is 38.6 Å². The van der Waals surface area contributed by atoms with Gasteiger partial charge in [0.25, 0.3) is 0 Å². The van der Waals surface area contributed by atoms with Gasteiger partial charge in [-0.25, -0.2) is 0 Å². The van der Waals surface area contributed by atoms with E-state index in [2.05, 4.69) is 241 Å². The summed E-state index contributed by atoms with van der Waals surface area (Å²) in [4.78, 5) is 2.35. The lowest BCUT2D eigenvalue weighted by Crippen LogP contribution is -2.09. The zero-order valence-corrected chi connectivity index (χ0v) is 31.5. The van der Waals surface area contributed by atoms with E-state index in [-0.39, 0.29) is 0 Å². The molecule has 1 nitrogen and oxygen atoms in total. The van der Waals surface area contributed by atoms with Crippen LogP contribution in [0.15, 0.2) is 237 Å². The fraction of sp³-hybridized carbons (Fsp3) is 0. The molecule has 0 saturated carbocycles. The minimum atomic E-state index is 1.10. The van der Waals surface area contributed by atoms with Crippen molar-refractivity contribution in [2.75, 3.05) is 4.90 Å². The Balaban J connectivity index is 1.09. The topological polar surface area (TPSA) is 3.24 Å². The molecule has 0 spiro atoms. The summed E-state index contributed by atoms with van der Waals surface area (Å²) >= 11 is 0. The molecule has 0 aliphatic heterocycles. The highest BCUT2D eigenvalue weighted by Gasteiger charge is 2.19. The van der Waals surface area contributed by atoms with E-state index in [9.17, 15) is 0 Å². The van der Waals surface area contributed by atoms with Crippen LogP contribution in [0.4, 0.5) is 17.1 Å². The molecule has 0 radical (unpaired) electrons. The highest BCUT2D eigenvalue weighted by molar-refractivity contribution is 6.22. The molecule has 1 heteroatoms. The van der Waals surface area contributed by atoms with Crippen molar-refractivity contribution in [3.63, 3.8) is 0 Å². The van der Waals surface area contributed by atoms with E-state index in [1.807, 2.05) is 0 Å². The number of fused-ring (bicyclic) bond motifs is 3. The Hall–Kier alpha value is -7.48. The molecule has 0 aliphatic rings. The predicted octanol–water partition coefficient (Wildman–Crippen LogP) is 15.8. The lowest BCUT2D eigenvalue weighted by atomic mass is 9.84. The molecule has 0 aliphatic carbocycles. The molecule has 0 amide bonds. The van der Waals surface area contributed by atoms with Gasteiger partial charge in [0.1, 0.15) is 0 Å². The summed E-state index contributed by atoms with van der Waals surface area (Å²) in [5.41, 5.74) is 15.5. The molecule has 0 N–H and O–H groups in total. The van der Waals surface area contributed by atoms with Crippen molar-refractivity contribution in [2.24, 2.45) is 0 Å². The van der Waals surface area contributed by atoms with Crippen LogP contribution in [0.25, 0.3) is 77.2 Å². The highest BCUT2D eigenvalue weighted by Crippen LogP contribution is 2.46. The Kier molecular flexibility index (Phi) is 8.95. The van der Waals surface area contributed by atoms with Crippen LogP contribution < -0.4 is 4.90 Å². The van der Waals surface area contributed by atoms with Crippen LogP contribution in [0.2, 0.25) is 0 Å². The van der Waals surface area contributed by atoms with E-state index in [0.29, 0.717) is 0 Å². The largest absolute Gasteiger partial charge is 0.311 e. The first-order valence-electron chi connectivity index (χ1n) is 19.6. The minimum absolute atomic E-state index is 1.10. The van der Waals surface area contributed by atoms with Crippen molar-refractivity contribution in [3.8, 4) is 55.6 Å². The zero-order valence-electron chi connectivity index (χ0n) is 31.5. The Morgan fingerprint density at radius 3 is 0.930 bits per heavy atom. The predicted molar refractivity (Wildman–Crippen MR) is 243 cm³/mol. The third kappa shape index (κ3) is 6.56. The molecule has 0 unspecified atom stereocenters. The first-order chi connectivity index (χ1) is 28.3. The molecule has 0 saturated heterocycles. The molecule has 10 rings (SSSR count). The Bertz CT molecular complexity index is 2850. The third-order valence-electron chi connectivity index (χ3n) is 11.1. The second-order valence-electron chi connectivity index (χ2n) is 14.5. The van der Waals surface area contributed by atoms with E-state index < -0.39 is 0 Å². The Labute approximate surface area is 334 Å². The van der Waals surface area contributed by atoms with Crippen LogP contribution >= 0.6 is 0 Å².